The molecule has 0 radical (unpaired) electrons. The molecule has 0 saturated carbocycles. The summed E-state index contributed by atoms with van der Waals surface area (Å²) in [5.41, 5.74) is 2.36. The van der Waals surface area contributed by atoms with E-state index in [-0.39, 0.29) is 0 Å². The van der Waals surface area contributed by atoms with Crippen molar-refractivity contribution in [3.05, 3.63) is 23.5 Å². The van der Waals surface area contributed by atoms with Crippen LogP contribution in [0.25, 0.3) is 0 Å². The van der Waals surface area contributed by atoms with E-state index in [9.17, 15) is 0 Å². The van der Waals surface area contributed by atoms with Crippen molar-refractivity contribution in [1.29, 1.82) is 0 Å². The molecule has 0 aromatic rings. The maximum atomic E-state index is 5.31. The fraction of sp³-hybridized carbons (Fsp3) is 0.706. The third kappa shape index (κ3) is 3.95. The molecule has 118 valence electrons. The zero-order valence-corrected chi connectivity index (χ0v) is 13.9. The van der Waals surface area contributed by atoms with Crippen molar-refractivity contribution in [3.63, 3.8) is 0 Å². The van der Waals surface area contributed by atoms with E-state index >= 15 is 0 Å². The lowest BCUT2D eigenvalue weighted by Crippen LogP contribution is -2.59. The zero-order chi connectivity index (χ0) is 15.4. The number of nitrogens with zero attached hydrogens (tertiary/aromatic N) is 3. The summed E-state index contributed by atoms with van der Waals surface area (Å²) in [6.45, 7) is 17.6. The number of hydrogen-bond donors (Lipinski definition) is 0. The first-order chi connectivity index (χ1) is 10.0. The fourth-order valence-corrected chi connectivity index (χ4v) is 3.00. The van der Waals surface area contributed by atoms with Gasteiger partial charge in [0, 0.05) is 37.1 Å². The lowest BCUT2D eigenvalue weighted by Gasteiger charge is -2.46. The van der Waals surface area contributed by atoms with Gasteiger partial charge in [-0.2, -0.15) is 0 Å². The van der Waals surface area contributed by atoms with Crippen molar-refractivity contribution < 1.29 is 4.74 Å². The topological polar surface area (TPSA) is 28.1 Å². The first kappa shape index (κ1) is 16.2. The maximum absolute atomic E-state index is 5.31. The van der Waals surface area contributed by atoms with Crippen LogP contribution in [0.4, 0.5) is 0 Å². The van der Waals surface area contributed by atoms with E-state index in [4.69, 9.17) is 4.74 Å². The van der Waals surface area contributed by atoms with Crippen LogP contribution in [0.3, 0.4) is 0 Å². The molecule has 0 aliphatic carbocycles. The molecule has 4 nitrogen and oxygen atoms in total. The Morgan fingerprint density at radius 1 is 1.29 bits per heavy atom. The van der Waals surface area contributed by atoms with Crippen molar-refractivity contribution in [3.8, 4) is 0 Å². The Hall–Kier alpha value is -1.13. The van der Waals surface area contributed by atoms with Gasteiger partial charge >= 0.3 is 0 Å². The quantitative estimate of drug-likeness (QED) is 0.575. The summed E-state index contributed by atoms with van der Waals surface area (Å²) in [4.78, 5) is 9.17. The van der Waals surface area contributed by atoms with E-state index in [1.165, 1.54) is 5.70 Å². The first-order valence-electron chi connectivity index (χ1n) is 7.96. The summed E-state index contributed by atoms with van der Waals surface area (Å²) in [5, 5.41) is 0. The van der Waals surface area contributed by atoms with Crippen LogP contribution in [0, 0.1) is 5.92 Å². The second kappa shape index (κ2) is 7.23. The van der Waals surface area contributed by atoms with E-state index < -0.39 is 0 Å². The molecule has 0 aromatic carbocycles. The molecule has 2 rings (SSSR count). The highest BCUT2D eigenvalue weighted by Gasteiger charge is 2.31. The van der Waals surface area contributed by atoms with Gasteiger partial charge in [-0.05, 0) is 38.6 Å². The number of piperazine rings is 1. The molecular formula is C17H29N3O. The highest BCUT2D eigenvalue weighted by Crippen LogP contribution is 2.20. The van der Waals surface area contributed by atoms with Crippen molar-refractivity contribution in [2.45, 2.75) is 39.8 Å². The number of ether oxygens (including phenoxy) is 1. The monoisotopic (exact) mass is 291 g/mol. The summed E-state index contributed by atoms with van der Waals surface area (Å²) < 4.78 is 5.31. The van der Waals surface area contributed by atoms with Crippen molar-refractivity contribution >= 4 is 6.72 Å². The van der Waals surface area contributed by atoms with Crippen molar-refractivity contribution in [2.75, 3.05) is 32.8 Å². The van der Waals surface area contributed by atoms with Gasteiger partial charge in [-0.15, -0.1) is 0 Å². The zero-order valence-electron chi connectivity index (χ0n) is 13.9. The molecule has 2 aliphatic rings. The molecule has 1 unspecified atom stereocenters. The Morgan fingerprint density at radius 3 is 2.48 bits per heavy atom. The van der Waals surface area contributed by atoms with Crippen LogP contribution in [-0.4, -0.2) is 61.4 Å². The molecule has 0 aromatic heterocycles. The highest BCUT2D eigenvalue weighted by atomic mass is 16.5. The summed E-state index contributed by atoms with van der Waals surface area (Å²) in [5.74, 6) is 0.416. The number of hydrogen-bond acceptors (Lipinski definition) is 4. The minimum absolute atomic E-state index is 0.416. The molecule has 2 saturated heterocycles. The fourth-order valence-electron chi connectivity index (χ4n) is 3.00. The Kier molecular flexibility index (Phi) is 5.59. The van der Waals surface area contributed by atoms with E-state index in [2.05, 4.69) is 61.4 Å². The number of rotatable bonds is 5. The number of allylic oxidation sites excluding steroid dienone is 4. The van der Waals surface area contributed by atoms with Crippen LogP contribution < -0.4 is 0 Å². The summed E-state index contributed by atoms with van der Waals surface area (Å²) >= 11 is 0. The first-order valence-corrected chi connectivity index (χ1v) is 7.96. The van der Waals surface area contributed by atoms with Gasteiger partial charge < -0.3 is 9.64 Å². The minimum Gasteiger partial charge on any atom is -0.378 e. The SMILES string of the molecule is C=N/C(=C\C=C(/C)N1CCN(C2COC2)CC1C)C(C)C. The molecular weight excluding hydrogens is 262 g/mol. The van der Waals surface area contributed by atoms with E-state index in [0.717, 1.165) is 38.5 Å². The second-order valence-corrected chi connectivity index (χ2v) is 6.44. The van der Waals surface area contributed by atoms with Gasteiger partial charge in [0.15, 0.2) is 0 Å². The third-order valence-electron chi connectivity index (χ3n) is 4.52. The van der Waals surface area contributed by atoms with E-state index in [1.807, 2.05) is 0 Å². The van der Waals surface area contributed by atoms with Crippen LogP contribution in [0.5, 0.6) is 0 Å². The molecule has 1 atom stereocenters. The van der Waals surface area contributed by atoms with Gasteiger partial charge in [-0.3, -0.25) is 9.89 Å². The van der Waals surface area contributed by atoms with Gasteiger partial charge in [0.1, 0.15) is 0 Å². The van der Waals surface area contributed by atoms with Gasteiger partial charge in [0.05, 0.1) is 19.3 Å². The average Bonchev–Trinajstić information content (AvgIpc) is 2.36. The Morgan fingerprint density at radius 2 is 2.00 bits per heavy atom. The summed E-state index contributed by atoms with van der Waals surface area (Å²) in [6.07, 6.45) is 4.29. The van der Waals surface area contributed by atoms with Crippen LogP contribution in [0.2, 0.25) is 0 Å². The molecule has 2 heterocycles. The van der Waals surface area contributed by atoms with Gasteiger partial charge in [-0.1, -0.05) is 13.8 Å². The Labute approximate surface area is 129 Å². The van der Waals surface area contributed by atoms with Crippen LogP contribution in [0.1, 0.15) is 27.7 Å². The smallest absolute Gasteiger partial charge is 0.0645 e. The maximum Gasteiger partial charge on any atom is 0.0645 e. The molecule has 0 bridgehead atoms. The van der Waals surface area contributed by atoms with E-state index in [0.29, 0.717) is 18.0 Å². The molecule has 2 aliphatic heterocycles. The normalized spacial score (nSPS) is 26.1. The van der Waals surface area contributed by atoms with Crippen molar-refractivity contribution in [1.82, 2.24) is 9.80 Å². The Balaban J connectivity index is 1.96. The third-order valence-corrected chi connectivity index (χ3v) is 4.52. The summed E-state index contributed by atoms with van der Waals surface area (Å²) in [6, 6.07) is 1.19. The predicted octanol–water partition coefficient (Wildman–Crippen LogP) is 2.54. The second-order valence-electron chi connectivity index (χ2n) is 6.44. The van der Waals surface area contributed by atoms with Gasteiger partial charge in [-0.25, -0.2) is 0 Å². The molecule has 0 spiro atoms. The minimum atomic E-state index is 0.416. The number of aliphatic imine (C=N–C) groups is 1. The largest absolute Gasteiger partial charge is 0.378 e. The lowest BCUT2D eigenvalue weighted by atomic mass is 10.1. The average molecular weight is 291 g/mol. The van der Waals surface area contributed by atoms with Crippen LogP contribution in [-0.2, 0) is 4.74 Å². The van der Waals surface area contributed by atoms with Crippen LogP contribution >= 0.6 is 0 Å². The Bertz CT molecular complexity index is 424. The summed E-state index contributed by atoms with van der Waals surface area (Å²) in [7, 11) is 0. The van der Waals surface area contributed by atoms with Gasteiger partial charge in [0.2, 0.25) is 0 Å². The van der Waals surface area contributed by atoms with Gasteiger partial charge in [0.25, 0.3) is 0 Å². The van der Waals surface area contributed by atoms with E-state index in [1.54, 1.807) is 0 Å². The predicted molar refractivity (Wildman–Crippen MR) is 88.6 cm³/mol. The molecule has 0 amide bonds. The molecule has 2 fully saturated rings. The molecule has 0 N–H and O–H groups in total. The highest BCUT2D eigenvalue weighted by molar-refractivity contribution is 5.31. The molecule has 4 heteroatoms. The lowest BCUT2D eigenvalue weighted by molar-refractivity contribution is -0.0814. The van der Waals surface area contributed by atoms with Crippen molar-refractivity contribution in [2.24, 2.45) is 10.9 Å². The standard InChI is InChI=1S/C17H29N3O/c1-13(2)17(18-5)7-6-14(3)20-9-8-19(10-15(20)4)16-11-21-12-16/h6-7,13,15-16H,5,8-12H2,1-4H3/b14-6+,17-7-. The molecule has 21 heavy (non-hydrogen) atoms. The van der Waals surface area contributed by atoms with Crippen LogP contribution in [0.15, 0.2) is 28.5 Å².